The fourth-order valence-corrected chi connectivity index (χ4v) is 3.84. The molecule has 1 aromatic rings. The van der Waals surface area contributed by atoms with Crippen molar-refractivity contribution in [3.8, 4) is 0 Å². The highest BCUT2D eigenvalue weighted by atomic mass is 35.5. The standard InChI is InChI=1S/C8H13ClN2O2S2/c1-10-5-6-11(2)15(12,13)8-4-3-7(9)14-8/h3-4,10H,5-6H2,1-2H3. The van der Waals surface area contributed by atoms with Gasteiger partial charge in [0.25, 0.3) is 10.0 Å². The molecular weight excluding hydrogens is 256 g/mol. The van der Waals surface area contributed by atoms with Crippen molar-refractivity contribution in [1.29, 1.82) is 0 Å². The van der Waals surface area contributed by atoms with Crippen molar-refractivity contribution in [2.75, 3.05) is 27.2 Å². The summed E-state index contributed by atoms with van der Waals surface area (Å²) in [6.07, 6.45) is 0. The second kappa shape index (κ2) is 5.27. The molecule has 0 fully saturated rings. The van der Waals surface area contributed by atoms with Crippen molar-refractivity contribution in [1.82, 2.24) is 9.62 Å². The molecule has 86 valence electrons. The monoisotopic (exact) mass is 268 g/mol. The van der Waals surface area contributed by atoms with Crippen LogP contribution in [0.15, 0.2) is 16.3 Å². The van der Waals surface area contributed by atoms with Gasteiger partial charge in [0.15, 0.2) is 0 Å². The lowest BCUT2D eigenvalue weighted by molar-refractivity contribution is 0.467. The van der Waals surface area contributed by atoms with Crippen molar-refractivity contribution in [3.05, 3.63) is 16.5 Å². The minimum absolute atomic E-state index is 0.283. The van der Waals surface area contributed by atoms with Gasteiger partial charge in [-0.1, -0.05) is 11.6 Å². The molecule has 0 aromatic carbocycles. The molecule has 0 unspecified atom stereocenters. The van der Waals surface area contributed by atoms with Crippen LogP contribution in [0.25, 0.3) is 0 Å². The molecule has 0 atom stereocenters. The van der Waals surface area contributed by atoms with E-state index in [0.29, 0.717) is 17.4 Å². The van der Waals surface area contributed by atoms with Gasteiger partial charge in [0.05, 0.1) is 4.34 Å². The minimum Gasteiger partial charge on any atom is -0.318 e. The summed E-state index contributed by atoms with van der Waals surface area (Å²) in [5.74, 6) is 0. The van der Waals surface area contributed by atoms with Crippen LogP contribution in [-0.4, -0.2) is 39.9 Å². The van der Waals surface area contributed by atoms with Crippen molar-refractivity contribution < 1.29 is 8.42 Å². The quantitative estimate of drug-likeness (QED) is 0.874. The highest BCUT2D eigenvalue weighted by molar-refractivity contribution is 7.91. The molecule has 0 bridgehead atoms. The Morgan fingerprint density at radius 2 is 2.20 bits per heavy atom. The Labute approximate surface area is 98.9 Å². The molecule has 1 rings (SSSR count). The lowest BCUT2D eigenvalue weighted by Crippen LogP contribution is -2.32. The van der Waals surface area contributed by atoms with E-state index in [1.165, 1.54) is 10.4 Å². The Hall–Kier alpha value is -0.140. The van der Waals surface area contributed by atoms with Crippen LogP contribution in [0.3, 0.4) is 0 Å². The topological polar surface area (TPSA) is 49.4 Å². The van der Waals surface area contributed by atoms with E-state index in [-0.39, 0.29) is 4.21 Å². The van der Waals surface area contributed by atoms with Gasteiger partial charge in [-0.15, -0.1) is 11.3 Å². The average Bonchev–Trinajstić information content (AvgIpc) is 2.61. The van der Waals surface area contributed by atoms with Crippen LogP contribution < -0.4 is 5.32 Å². The normalized spacial score (nSPS) is 12.3. The van der Waals surface area contributed by atoms with E-state index in [0.717, 1.165) is 11.3 Å². The van der Waals surface area contributed by atoms with Gasteiger partial charge in [-0.25, -0.2) is 8.42 Å². The number of likely N-dealkylation sites (N-methyl/N-ethyl adjacent to an activating group) is 2. The van der Waals surface area contributed by atoms with Gasteiger partial charge in [0.1, 0.15) is 4.21 Å². The third kappa shape index (κ3) is 3.15. The number of nitrogens with one attached hydrogen (secondary N) is 1. The van der Waals surface area contributed by atoms with Crippen LogP contribution in [0.5, 0.6) is 0 Å². The van der Waals surface area contributed by atoms with E-state index in [1.54, 1.807) is 20.2 Å². The Morgan fingerprint density at radius 3 is 2.67 bits per heavy atom. The van der Waals surface area contributed by atoms with Crippen LogP contribution in [-0.2, 0) is 10.0 Å². The molecule has 1 N–H and O–H groups in total. The maximum absolute atomic E-state index is 11.9. The Balaban J connectivity index is 2.83. The molecule has 0 saturated carbocycles. The zero-order valence-corrected chi connectivity index (χ0v) is 10.9. The van der Waals surface area contributed by atoms with E-state index >= 15 is 0 Å². The van der Waals surface area contributed by atoms with Crippen LogP contribution in [0.1, 0.15) is 0 Å². The Bertz CT molecular complexity index is 416. The molecule has 4 nitrogen and oxygen atoms in total. The van der Waals surface area contributed by atoms with Crippen molar-refractivity contribution in [3.63, 3.8) is 0 Å². The van der Waals surface area contributed by atoms with Crippen LogP contribution in [0.2, 0.25) is 4.34 Å². The van der Waals surface area contributed by atoms with Crippen molar-refractivity contribution in [2.45, 2.75) is 4.21 Å². The molecule has 0 aliphatic heterocycles. The SMILES string of the molecule is CNCCN(C)S(=O)(=O)c1ccc(Cl)s1. The number of sulfonamides is 1. The van der Waals surface area contributed by atoms with Crippen LogP contribution in [0, 0.1) is 0 Å². The van der Waals surface area contributed by atoms with Gasteiger partial charge in [0, 0.05) is 20.1 Å². The Morgan fingerprint density at radius 1 is 1.53 bits per heavy atom. The van der Waals surface area contributed by atoms with Gasteiger partial charge in [-0.2, -0.15) is 4.31 Å². The van der Waals surface area contributed by atoms with Crippen LogP contribution in [0.4, 0.5) is 0 Å². The first-order valence-electron chi connectivity index (χ1n) is 4.34. The van der Waals surface area contributed by atoms with E-state index < -0.39 is 10.0 Å². The average molecular weight is 269 g/mol. The first-order chi connectivity index (χ1) is 6.98. The summed E-state index contributed by atoms with van der Waals surface area (Å²) in [5, 5.41) is 2.90. The van der Waals surface area contributed by atoms with Gasteiger partial charge < -0.3 is 5.32 Å². The molecule has 0 aliphatic carbocycles. The highest BCUT2D eigenvalue weighted by Crippen LogP contribution is 2.27. The molecule has 0 aliphatic rings. The summed E-state index contributed by atoms with van der Waals surface area (Å²) < 4.78 is 25.9. The van der Waals surface area contributed by atoms with Gasteiger partial charge in [-0.05, 0) is 19.2 Å². The molecule has 1 heterocycles. The summed E-state index contributed by atoms with van der Waals surface area (Å²) in [5.41, 5.74) is 0. The smallest absolute Gasteiger partial charge is 0.252 e. The summed E-state index contributed by atoms with van der Waals surface area (Å²) in [4.78, 5) is 0. The molecule has 0 amide bonds. The number of hydrogen-bond acceptors (Lipinski definition) is 4. The Kier molecular flexibility index (Phi) is 4.54. The summed E-state index contributed by atoms with van der Waals surface area (Å²) in [6, 6.07) is 3.11. The molecule has 7 heteroatoms. The molecule has 0 radical (unpaired) electrons. The fraction of sp³-hybridized carbons (Fsp3) is 0.500. The van der Waals surface area contributed by atoms with Crippen molar-refractivity contribution >= 4 is 33.0 Å². The van der Waals surface area contributed by atoms with E-state index in [2.05, 4.69) is 5.32 Å². The summed E-state index contributed by atoms with van der Waals surface area (Å²) in [7, 11) is -0.0269. The minimum atomic E-state index is -3.36. The molecule has 1 aromatic heterocycles. The molecule has 0 spiro atoms. The maximum Gasteiger partial charge on any atom is 0.252 e. The third-order valence-corrected chi connectivity index (χ3v) is 5.45. The van der Waals surface area contributed by atoms with Gasteiger partial charge in [-0.3, -0.25) is 0 Å². The second-order valence-electron chi connectivity index (χ2n) is 2.99. The number of rotatable bonds is 5. The summed E-state index contributed by atoms with van der Waals surface area (Å²) in [6.45, 7) is 1.06. The molecule has 0 saturated heterocycles. The number of nitrogens with zero attached hydrogens (tertiary/aromatic N) is 1. The lowest BCUT2D eigenvalue weighted by atomic mass is 10.6. The second-order valence-corrected chi connectivity index (χ2v) is 6.98. The summed E-state index contributed by atoms with van der Waals surface area (Å²) >= 11 is 6.77. The number of thiophene rings is 1. The van der Waals surface area contributed by atoms with E-state index in [4.69, 9.17) is 11.6 Å². The zero-order chi connectivity index (χ0) is 11.5. The number of hydrogen-bond donors (Lipinski definition) is 1. The lowest BCUT2D eigenvalue weighted by Gasteiger charge is -2.15. The zero-order valence-electron chi connectivity index (χ0n) is 8.53. The third-order valence-electron chi connectivity index (χ3n) is 1.89. The maximum atomic E-state index is 11.9. The van der Waals surface area contributed by atoms with Gasteiger partial charge >= 0.3 is 0 Å². The van der Waals surface area contributed by atoms with Crippen molar-refractivity contribution in [2.24, 2.45) is 0 Å². The largest absolute Gasteiger partial charge is 0.318 e. The highest BCUT2D eigenvalue weighted by Gasteiger charge is 2.21. The van der Waals surface area contributed by atoms with Gasteiger partial charge in [0.2, 0.25) is 0 Å². The predicted molar refractivity (Wildman–Crippen MR) is 63.1 cm³/mol. The molecular formula is C8H13ClN2O2S2. The number of halogens is 1. The first-order valence-corrected chi connectivity index (χ1v) is 6.98. The first kappa shape index (κ1) is 12.9. The van der Waals surface area contributed by atoms with E-state index in [1.807, 2.05) is 0 Å². The van der Waals surface area contributed by atoms with Crippen LogP contribution >= 0.6 is 22.9 Å². The van der Waals surface area contributed by atoms with E-state index in [9.17, 15) is 8.42 Å². The predicted octanol–water partition coefficient (Wildman–Crippen LogP) is 1.24. The molecule has 15 heavy (non-hydrogen) atoms. The fourth-order valence-electron chi connectivity index (χ4n) is 0.979.